The van der Waals surface area contributed by atoms with Crippen molar-refractivity contribution in [2.75, 3.05) is 43.5 Å². The molecule has 1 amide bonds. The molecule has 2 aromatic carbocycles. The van der Waals surface area contributed by atoms with Gasteiger partial charge in [-0.1, -0.05) is 36.4 Å². The lowest BCUT2D eigenvalue weighted by Crippen LogP contribution is -2.46. The van der Waals surface area contributed by atoms with Crippen LogP contribution in [0.25, 0.3) is 11.3 Å². The fourth-order valence-corrected chi connectivity index (χ4v) is 3.30. The summed E-state index contributed by atoms with van der Waals surface area (Å²) in [6, 6.07) is 19.7. The van der Waals surface area contributed by atoms with Crippen molar-refractivity contribution in [2.24, 2.45) is 0 Å². The van der Waals surface area contributed by atoms with Crippen LogP contribution in [0.2, 0.25) is 0 Å². The topological polar surface area (TPSA) is 70.6 Å². The van der Waals surface area contributed by atoms with E-state index in [-0.39, 0.29) is 0 Å². The van der Waals surface area contributed by atoms with E-state index in [0.29, 0.717) is 19.0 Å². The Labute approximate surface area is 170 Å². The molecule has 0 spiro atoms. The number of amides is 1. The summed E-state index contributed by atoms with van der Waals surface area (Å²) in [6.45, 7) is 2.85. The molecule has 3 aromatic rings. The molecule has 1 saturated heterocycles. The van der Waals surface area contributed by atoms with Crippen LogP contribution in [0, 0.1) is 0 Å². The van der Waals surface area contributed by atoms with Gasteiger partial charge in [0.05, 0.1) is 12.8 Å². The number of ether oxygens (including phenoxy) is 1. The Bertz CT molecular complexity index is 972. The highest BCUT2D eigenvalue weighted by Gasteiger charge is 2.19. The standard InChI is InChI=1S/C22H23N5O2/c1-29-19-9-5-8-18(14-19)23-22-24-20(17-6-3-2-4-7-17)15-21(25-22)27-12-10-26(16-28)11-13-27/h2-9,14-16H,10-13H2,1H3,(H,23,24,25). The zero-order chi connectivity index (χ0) is 20.1. The number of nitrogens with one attached hydrogen (secondary N) is 1. The smallest absolute Gasteiger partial charge is 0.229 e. The molecule has 7 heteroatoms. The van der Waals surface area contributed by atoms with Gasteiger partial charge in [-0.05, 0) is 12.1 Å². The van der Waals surface area contributed by atoms with Gasteiger partial charge in [-0.2, -0.15) is 4.98 Å². The Morgan fingerprint density at radius 1 is 0.966 bits per heavy atom. The monoisotopic (exact) mass is 389 g/mol. The number of methoxy groups -OCH3 is 1. The summed E-state index contributed by atoms with van der Waals surface area (Å²) in [7, 11) is 1.64. The highest BCUT2D eigenvalue weighted by atomic mass is 16.5. The van der Waals surface area contributed by atoms with Crippen LogP contribution in [-0.2, 0) is 4.79 Å². The van der Waals surface area contributed by atoms with Gasteiger partial charge in [0.25, 0.3) is 0 Å². The van der Waals surface area contributed by atoms with Gasteiger partial charge in [-0.15, -0.1) is 0 Å². The molecule has 4 rings (SSSR count). The summed E-state index contributed by atoms with van der Waals surface area (Å²) >= 11 is 0. The molecule has 0 unspecified atom stereocenters. The average molecular weight is 389 g/mol. The van der Waals surface area contributed by atoms with Crippen molar-refractivity contribution < 1.29 is 9.53 Å². The van der Waals surface area contributed by atoms with Gasteiger partial charge in [0.15, 0.2) is 0 Å². The van der Waals surface area contributed by atoms with Crippen molar-refractivity contribution in [3.05, 3.63) is 60.7 Å². The zero-order valence-corrected chi connectivity index (χ0v) is 16.3. The van der Waals surface area contributed by atoms with Gasteiger partial charge < -0.3 is 19.9 Å². The van der Waals surface area contributed by atoms with Gasteiger partial charge in [0.1, 0.15) is 11.6 Å². The maximum absolute atomic E-state index is 11.0. The number of anilines is 3. The molecule has 29 heavy (non-hydrogen) atoms. The molecule has 0 atom stereocenters. The molecular formula is C22H23N5O2. The maximum Gasteiger partial charge on any atom is 0.229 e. The normalized spacial score (nSPS) is 13.8. The zero-order valence-electron chi connectivity index (χ0n) is 16.3. The first-order valence-electron chi connectivity index (χ1n) is 9.55. The second-order valence-electron chi connectivity index (χ2n) is 6.79. The Morgan fingerprint density at radius 3 is 2.48 bits per heavy atom. The quantitative estimate of drug-likeness (QED) is 0.653. The van der Waals surface area contributed by atoms with Crippen LogP contribution in [0.4, 0.5) is 17.5 Å². The predicted octanol–water partition coefficient (Wildman–Crippen LogP) is 3.17. The largest absolute Gasteiger partial charge is 0.497 e. The van der Waals surface area contributed by atoms with E-state index in [1.54, 1.807) is 12.0 Å². The summed E-state index contributed by atoms with van der Waals surface area (Å²) in [5.74, 6) is 2.13. The fourth-order valence-electron chi connectivity index (χ4n) is 3.30. The maximum atomic E-state index is 11.0. The molecule has 1 fully saturated rings. The van der Waals surface area contributed by atoms with Crippen molar-refractivity contribution in [3.8, 4) is 17.0 Å². The average Bonchev–Trinajstić information content (AvgIpc) is 2.79. The van der Waals surface area contributed by atoms with Crippen molar-refractivity contribution in [2.45, 2.75) is 0 Å². The Kier molecular flexibility index (Phi) is 5.56. The van der Waals surface area contributed by atoms with Gasteiger partial charge >= 0.3 is 0 Å². The predicted molar refractivity (Wildman–Crippen MR) is 114 cm³/mol. The van der Waals surface area contributed by atoms with Crippen molar-refractivity contribution >= 4 is 23.9 Å². The first-order chi connectivity index (χ1) is 14.2. The second-order valence-corrected chi connectivity index (χ2v) is 6.79. The minimum Gasteiger partial charge on any atom is -0.497 e. The van der Waals surface area contributed by atoms with E-state index in [4.69, 9.17) is 14.7 Å². The number of carbonyl (C=O) groups excluding carboxylic acids is 1. The number of hydrogen-bond acceptors (Lipinski definition) is 6. The molecule has 7 nitrogen and oxygen atoms in total. The second kappa shape index (κ2) is 8.60. The van der Waals surface area contributed by atoms with Crippen LogP contribution in [0.1, 0.15) is 0 Å². The van der Waals surface area contributed by atoms with E-state index < -0.39 is 0 Å². The molecule has 148 valence electrons. The lowest BCUT2D eigenvalue weighted by Gasteiger charge is -2.33. The van der Waals surface area contributed by atoms with Crippen molar-refractivity contribution in [1.29, 1.82) is 0 Å². The van der Waals surface area contributed by atoms with Crippen LogP contribution < -0.4 is 15.0 Å². The number of aromatic nitrogens is 2. The molecular weight excluding hydrogens is 366 g/mol. The van der Waals surface area contributed by atoms with Crippen LogP contribution >= 0.6 is 0 Å². The fraction of sp³-hybridized carbons (Fsp3) is 0.227. The third-order valence-corrected chi connectivity index (χ3v) is 4.90. The number of carbonyl (C=O) groups is 1. The summed E-state index contributed by atoms with van der Waals surface area (Å²) in [5.41, 5.74) is 2.72. The summed E-state index contributed by atoms with van der Waals surface area (Å²) < 4.78 is 5.30. The van der Waals surface area contributed by atoms with Crippen molar-refractivity contribution in [3.63, 3.8) is 0 Å². The van der Waals surface area contributed by atoms with Gasteiger partial charge in [0, 0.05) is 49.6 Å². The van der Waals surface area contributed by atoms with E-state index in [1.807, 2.05) is 60.7 Å². The van der Waals surface area contributed by atoms with Gasteiger partial charge in [0.2, 0.25) is 12.4 Å². The van der Waals surface area contributed by atoms with Crippen LogP contribution in [0.3, 0.4) is 0 Å². The lowest BCUT2D eigenvalue weighted by molar-refractivity contribution is -0.118. The van der Waals surface area contributed by atoms with E-state index in [1.165, 1.54) is 0 Å². The molecule has 2 heterocycles. The highest BCUT2D eigenvalue weighted by molar-refractivity contribution is 5.67. The van der Waals surface area contributed by atoms with Crippen LogP contribution in [-0.4, -0.2) is 54.6 Å². The number of nitrogens with zero attached hydrogens (tertiary/aromatic N) is 4. The number of rotatable bonds is 6. The molecule has 0 aliphatic carbocycles. The molecule has 0 radical (unpaired) electrons. The Balaban J connectivity index is 1.67. The minimum atomic E-state index is 0.521. The minimum absolute atomic E-state index is 0.521. The first kappa shape index (κ1) is 18.7. The summed E-state index contributed by atoms with van der Waals surface area (Å²) in [4.78, 5) is 24.4. The summed E-state index contributed by atoms with van der Waals surface area (Å²) in [6.07, 6.45) is 0.905. The SMILES string of the molecule is COc1cccc(Nc2nc(-c3ccccc3)cc(N3CCN(C=O)CC3)n2)c1. The number of hydrogen-bond donors (Lipinski definition) is 1. The van der Waals surface area contributed by atoms with E-state index >= 15 is 0 Å². The number of benzene rings is 2. The van der Waals surface area contributed by atoms with E-state index in [9.17, 15) is 4.79 Å². The highest BCUT2D eigenvalue weighted by Crippen LogP contribution is 2.26. The van der Waals surface area contributed by atoms with Crippen LogP contribution in [0.5, 0.6) is 5.75 Å². The van der Waals surface area contributed by atoms with Gasteiger partial charge in [-0.25, -0.2) is 4.98 Å². The van der Waals surface area contributed by atoms with Gasteiger partial charge in [-0.3, -0.25) is 4.79 Å². The third kappa shape index (κ3) is 4.45. The molecule has 0 saturated carbocycles. The lowest BCUT2D eigenvalue weighted by atomic mass is 10.1. The molecule has 1 N–H and O–H groups in total. The molecule has 1 aromatic heterocycles. The first-order valence-corrected chi connectivity index (χ1v) is 9.55. The Hall–Kier alpha value is -3.61. The van der Waals surface area contributed by atoms with E-state index in [0.717, 1.165) is 48.0 Å². The molecule has 0 bridgehead atoms. The van der Waals surface area contributed by atoms with Crippen LogP contribution in [0.15, 0.2) is 60.7 Å². The van der Waals surface area contributed by atoms with E-state index in [2.05, 4.69) is 10.2 Å². The number of piperazine rings is 1. The third-order valence-electron chi connectivity index (χ3n) is 4.90. The Morgan fingerprint density at radius 2 is 1.76 bits per heavy atom. The van der Waals surface area contributed by atoms with Crippen molar-refractivity contribution in [1.82, 2.24) is 14.9 Å². The summed E-state index contributed by atoms with van der Waals surface area (Å²) in [5, 5.41) is 3.29. The molecule has 1 aliphatic heterocycles. The molecule has 1 aliphatic rings.